The lowest BCUT2D eigenvalue weighted by molar-refractivity contribution is 0.560. The first-order chi connectivity index (χ1) is 5.77. The van der Waals surface area contributed by atoms with Crippen molar-refractivity contribution in [3.05, 3.63) is 46.3 Å². The van der Waals surface area contributed by atoms with Gasteiger partial charge in [-0.3, -0.25) is 0 Å². The molecule has 0 bridgehead atoms. The zero-order valence-corrected chi connectivity index (χ0v) is 6.63. The van der Waals surface area contributed by atoms with Gasteiger partial charge in [-0.15, -0.1) is 0 Å². The third-order valence-electron chi connectivity index (χ3n) is 1.81. The minimum Gasteiger partial charge on any atom is -0.422 e. The second kappa shape index (κ2) is 2.48. The molecule has 0 atom stereocenters. The minimum absolute atomic E-state index is 0.329. The van der Waals surface area contributed by atoms with Crippen LogP contribution in [0.2, 0.25) is 0 Å². The lowest BCUT2D eigenvalue weighted by atomic mass is 10.1. The highest BCUT2D eigenvalue weighted by Gasteiger charge is 1.97. The molecule has 0 aliphatic rings. The molecule has 0 N–H and O–H groups in total. The number of rotatable bonds is 0. The molecule has 0 saturated carbocycles. The molecule has 12 heavy (non-hydrogen) atoms. The fourth-order valence-electron chi connectivity index (χ4n) is 1.17. The van der Waals surface area contributed by atoms with Crippen molar-refractivity contribution in [2.24, 2.45) is 0 Å². The molecule has 0 aliphatic heterocycles. The van der Waals surface area contributed by atoms with E-state index in [4.69, 9.17) is 4.42 Å². The SMILES string of the molecule is Cc1cc[c]c2oc(=O)ccc12. The Morgan fingerprint density at radius 3 is 3.00 bits per heavy atom. The second-order valence-electron chi connectivity index (χ2n) is 2.66. The second-order valence-corrected chi connectivity index (χ2v) is 2.66. The molecule has 59 valence electrons. The molecule has 0 unspecified atom stereocenters. The third kappa shape index (κ3) is 1.01. The van der Waals surface area contributed by atoms with Crippen molar-refractivity contribution in [3.8, 4) is 0 Å². The van der Waals surface area contributed by atoms with Gasteiger partial charge >= 0.3 is 5.63 Å². The summed E-state index contributed by atoms with van der Waals surface area (Å²) in [6, 6.07) is 9.73. The third-order valence-corrected chi connectivity index (χ3v) is 1.81. The van der Waals surface area contributed by atoms with Crippen LogP contribution in [0.15, 0.2) is 33.5 Å². The fraction of sp³-hybridized carbons (Fsp3) is 0.100. The summed E-state index contributed by atoms with van der Waals surface area (Å²) >= 11 is 0. The average molecular weight is 159 g/mol. The molecule has 2 nitrogen and oxygen atoms in total. The van der Waals surface area contributed by atoms with E-state index < -0.39 is 0 Å². The van der Waals surface area contributed by atoms with Gasteiger partial charge in [0.1, 0.15) is 5.58 Å². The van der Waals surface area contributed by atoms with E-state index >= 15 is 0 Å². The van der Waals surface area contributed by atoms with E-state index in [-0.39, 0.29) is 5.63 Å². The molecule has 2 heteroatoms. The standard InChI is InChI=1S/C10H7O2/c1-7-3-2-4-9-8(7)5-6-10(11)12-9/h2-3,5-6H,1H3. The Morgan fingerprint density at radius 1 is 1.33 bits per heavy atom. The summed E-state index contributed by atoms with van der Waals surface area (Å²) in [4.78, 5) is 10.8. The number of hydrogen-bond acceptors (Lipinski definition) is 2. The van der Waals surface area contributed by atoms with Gasteiger partial charge in [-0.05, 0) is 18.6 Å². The predicted molar refractivity (Wildman–Crippen MR) is 46.1 cm³/mol. The molecular weight excluding hydrogens is 152 g/mol. The molecule has 1 aromatic heterocycles. The zero-order chi connectivity index (χ0) is 8.55. The predicted octanol–water partition coefficient (Wildman–Crippen LogP) is 1.90. The Balaban J connectivity index is 2.96. The summed E-state index contributed by atoms with van der Waals surface area (Å²) in [5, 5.41) is 0.942. The van der Waals surface area contributed by atoms with E-state index in [1.165, 1.54) is 6.07 Å². The molecule has 2 aromatic rings. The molecule has 0 saturated heterocycles. The molecule has 1 radical (unpaired) electrons. The molecule has 0 fully saturated rings. The van der Waals surface area contributed by atoms with E-state index in [0.29, 0.717) is 5.58 Å². The minimum atomic E-state index is -0.329. The maximum atomic E-state index is 10.8. The Hall–Kier alpha value is -1.57. The molecular formula is C10H7O2. The molecule has 1 aromatic carbocycles. The Bertz CT molecular complexity index is 468. The summed E-state index contributed by atoms with van der Waals surface area (Å²) < 4.78 is 4.93. The van der Waals surface area contributed by atoms with Gasteiger partial charge in [0.2, 0.25) is 0 Å². The van der Waals surface area contributed by atoms with Crippen LogP contribution in [0, 0.1) is 13.0 Å². The van der Waals surface area contributed by atoms with E-state index in [1.54, 1.807) is 12.1 Å². The van der Waals surface area contributed by atoms with E-state index in [1.807, 2.05) is 13.0 Å². The molecule has 2 rings (SSSR count). The van der Waals surface area contributed by atoms with Crippen LogP contribution in [-0.4, -0.2) is 0 Å². The van der Waals surface area contributed by atoms with Crippen molar-refractivity contribution >= 4 is 11.0 Å². The zero-order valence-electron chi connectivity index (χ0n) is 6.63. The quantitative estimate of drug-likeness (QED) is 0.549. The van der Waals surface area contributed by atoms with Gasteiger partial charge in [0, 0.05) is 17.5 Å². The molecule has 1 heterocycles. The highest BCUT2D eigenvalue weighted by atomic mass is 16.4. The molecule has 0 spiro atoms. The van der Waals surface area contributed by atoms with Crippen LogP contribution >= 0.6 is 0 Å². The average Bonchev–Trinajstić information content (AvgIpc) is 2.04. The smallest absolute Gasteiger partial charge is 0.336 e. The Morgan fingerprint density at radius 2 is 2.17 bits per heavy atom. The van der Waals surface area contributed by atoms with Crippen molar-refractivity contribution in [1.82, 2.24) is 0 Å². The van der Waals surface area contributed by atoms with Crippen LogP contribution in [0.3, 0.4) is 0 Å². The maximum absolute atomic E-state index is 10.8. The van der Waals surface area contributed by atoms with Crippen LogP contribution in [-0.2, 0) is 0 Å². The van der Waals surface area contributed by atoms with Crippen molar-refractivity contribution in [3.63, 3.8) is 0 Å². The van der Waals surface area contributed by atoms with Gasteiger partial charge in [0.25, 0.3) is 0 Å². The van der Waals surface area contributed by atoms with Gasteiger partial charge < -0.3 is 4.42 Å². The maximum Gasteiger partial charge on any atom is 0.336 e. The summed E-state index contributed by atoms with van der Waals surface area (Å²) in [6.07, 6.45) is 0. The summed E-state index contributed by atoms with van der Waals surface area (Å²) in [7, 11) is 0. The number of benzene rings is 1. The van der Waals surface area contributed by atoms with Crippen molar-refractivity contribution in [2.75, 3.05) is 0 Å². The lowest BCUT2D eigenvalue weighted by Crippen LogP contribution is -1.94. The van der Waals surface area contributed by atoms with Gasteiger partial charge in [0.15, 0.2) is 0 Å². The van der Waals surface area contributed by atoms with Gasteiger partial charge in [-0.1, -0.05) is 12.1 Å². The van der Waals surface area contributed by atoms with Crippen LogP contribution < -0.4 is 5.63 Å². The number of fused-ring (bicyclic) bond motifs is 1. The first-order valence-electron chi connectivity index (χ1n) is 3.68. The normalized spacial score (nSPS) is 10.4. The summed E-state index contributed by atoms with van der Waals surface area (Å²) in [5.74, 6) is 0. The largest absolute Gasteiger partial charge is 0.422 e. The van der Waals surface area contributed by atoms with E-state index in [2.05, 4.69) is 6.07 Å². The van der Waals surface area contributed by atoms with Crippen LogP contribution in [0.5, 0.6) is 0 Å². The molecule has 0 aliphatic carbocycles. The first-order valence-corrected chi connectivity index (χ1v) is 3.68. The number of aryl methyl sites for hydroxylation is 1. The Labute approximate surface area is 69.4 Å². The van der Waals surface area contributed by atoms with Crippen molar-refractivity contribution in [2.45, 2.75) is 6.92 Å². The van der Waals surface area contributed by atoms with Crippen LogP contribution in [0.25, 0.3) is 11.0 Å². The summed E-state index contributed by atoms with van der Waals surface area (Å²) in [6.45, 7) is 1.97. The van der Waals surface area contributed by atoms with Crippen molar-refractivity contribution in [1.29, 1.82) is 0 Å². The molecule has 0 amide bonds. The monoisotopic (exact) mass is 159 g/mol. The van der Waals surface area contributed by atoms with Crippen molar-refractivity contribution < 1.29 is 4.42 Å². The highest BCUT2D eigenvalue weighted by molar-refractivity contribution is 5.79. The van der Waals surface area contributed by atoms with Gasteiger partial charge in [-0.2, -0.15) is 0 Å². The topological polar surface area (TPSA) is 30.2 Å². The van der Waals surface area contributed by atoms with E-state index in [9.17, 15) is 4.79 Å². The fourth-order valence-corrected chi connectivity index (χ4v) is 1.17. The van der Waals surface area contributed by atoms with Crippen LogP contribution in [0.1, 0.15) is 5.56 Å². The van der Waals surface area contributed by atoms with Crippen LogP contribution in [0.4, 0.5) is 0 Å². The highest BCUT2D eigenvalue weighted by Crippen LogP contribution is 2.14. The van der Waals surface area contributed by atoms with Gasteiger partial charge in [-0.25, -0.2) is 4.79 Å². The van der Waals surface area contributed by atoms with E-state index in [0.717, 1.165) is 10.9 Å². The Kier molecular flexibility index (Phi) is 1.47. The summed E-state index contributed by atoms with van der Waals surface area (Å²) in [5.41, 5.74) is 1.29. The lowest BCUT2D eigenvalue weighted by Gasteiger charge is -1.97. The number of hydrogen-bond donors (Lipinski definition) is 0. The van der Waals surface area contributed by atoms with Gasteiger partial charge in [0.05, 0.1) is 0 Å². The first kappa shape index (κ1) is 7.10.